The maximum Gasteiger partial charge on any atom is 0.255 e. The van der Waals surface area contributed by atoms with E-state index >= 15 is 0 Å². The molecule has 0 aliphatic carbocycles. The van der Waals surface area contributed by atoms with Crippen LogP contribution in [0.3, 0.4) is 0 Å². The van der Waals surface area contributed by atoms with Crippen LogP contribution in [0.15, 0.2) is 16.0 Å². The standard InChI is InChI=1S/C13H15N3O5S/c1-12(9-6(3-22-12)11(20)16-5-15-9)13(4-14)10(19)8(18)7(2-17)21-13/h3,5,7-10,17-19H,2H2,1H3,(H,15,16,20). The van der Waals surface area contributed by atoms with Gasteiger partial charge in [-0.05, 0) is 12.3 Å². The quantitative estimate of drug-likeness (QED) is 0.474. The first-order chi connectivity index (χ1) is 10.4. The van der Waals surface area contributed by atoms with Crippen LogP contribution in [0.1, 0.15) is 6.92 Å². The van der Waals surface area contributed by atoms with Crippen LogP contribution in [0.2, 0.25) is 0 Å². The van der Waals surface area contributed by atoms with Crippen molar-refractivity contribution in [2.45, 2.75) is 41.6 Å². The van der Waals surface area contributed by atoms with Gasteiger partial charge in [-0.2, -0.15) is 5.26 Å². The fourth-order valence-corrected chi connectivity index (χ4v) is 4.45. The highest BCUT2D eigenvalue weighted by Gasteiger charge is 2.68. The minimum Gasteiger partial charge on any atom is -0.394 e. The lowest BCUT2D eigenvalue weighted by atomic mass is 9.76. The smallest absolute Gasteiger partial charge is 0.255 e. The molecule has 4 N–H and O–H groups in total. The average Bonchev–Trinajstić information content (AvgIpc) is 2.99. The van der Waals surface area contributed by atoms with Crippen molar-refractivity contribution in [3.05, 3.63) is 11.0 Å². The number of aliphatic hydroxyl groups excluding tert-OH is 3. The topological polar surface area (TPSA) is 135 Å². The number of amides is 1. The first kappa shape index (κ1) is 15.5. The first-order valence-electron chi connectivity index (χ1n) is 6.67. The van der Waals surface area contributed by atoms with Crippen molar-refractivity contribution >= 4 is 24.0 Å². The van der Waals surface area contributed by atoms with E-state index in [1.54, 1.807) is 12.3 Å². The van der Waals surface area contributed by atoms with Crippen molar-refractivity contribution < 1.29 is 24.9 Å². The maximum atomic E-state index is 11.9. The molecule has 0 spiro atoms. The van der Waals surface area contributed by atoms with Crippen LogP contribution in [0.5, 0.6) is 0 Å². The second-order valence-corrected chi connectivity index (χ2v) is 6.89. The van der Waals surface area contributed by atoms with E-state index in [2.05, 4.69) is 10.3 Å². The molecule has 1 fully saturated rings. The fraction of sp³-hybridized carbons (Fsp3) is 0.615. The number of thioether (sulfide) groups is 1. The average molecular weight is 325 g/mol. The summed E-state index contributed by atoms with van der Waals surface area (Å²) >= 11 is 1.16. The number of fused-ring (bicyclic) bond motifs is 1. The van der Waals surface area contributed by atoms with E-state index in [1.165, 1.54) is 6.34 Å². The van der Waals surface area contributed by atoms with Crippen LogP contribution >= 0.6 is 11.8 Å². The summed E-state index contributed by atoms with van der Waals surface area (Å²) < 4.78 is 4.46. The Bertz CT molecular complexity index is 617. The molecule has 3 aliphatic heterocycles. The van der Waals surface area contributed by atoms with Gasteiger partial charge in [-0.15, -0.1) is 11.8 Å². The number of rotatable bonds is 2. The minimum atomic E-state index is -1.80. The highest BCUT2D eigenvalue weighted by Crippen LogP contribution is 2.54. The summed E-state index contributed by atoms with van der Waals surface area (Å²) in [5.41, 5.74) is -1.43. The van der Waals surface area contributed by atoms with E-state index < -0.39 is 41.3 Å². The van der Waals surface area contributed by atoms with Gasteiger partial charge in [-0.25, -0.2) is 0 Å². The number of nitrogens with one attached hydrogen (secondary N) is 1. The zero-order valence-corrected chi connectivity index (χ0v) is 12.4. The van der Waals surface area contributed by atoms with E-state index in [9.17, 15) is 25.4 Å². The number of aliphatic imine (C=N–C) groups is 1. The molecule has 1 amide bonds. The SMILES string of the molecule is CC1(C2(C#N)OC(CO)C(O)C2O)SC=C2C(=O)NC=NC21. The number of carbonyl (C=O) groups excluding carboxylic acids is 1. The lowest BCUT2D eigenvalue weighted by Crippen LogP contribution is -2.62. The van der Waals surface area contributed by atoms with Crippen LogP contribution < -0.4 is 5.32 Å². The molecule has 1 saturated heterocycles. The van der Waals surface area contributed by atoms with Gasteiger partial charge in [-0.1, -0.05) is 0 Å². The number of aliphatic hydroxyl groups is 3. The summed E-state index contributed by atoms with van der Waals surface area (Å²) in [6.45, 7) is 1.12. The third-order valence-corrected chi connectivity index (χ3v) is 5.86. The first-order valence-corrected chi connectivity index (χ1v) is 7.55. The van der Waals surface area contributed by atoms with E-state index in [1.807, 2.05) is 6.07 Å². The van der Waals surface area contributed by atoms with Crippen LogP contribution in [-0.4, -0.2) is 68.9 Å². The molecule has 0 aromatic heterocycles. The van der Waals surface area contributed by atoms with E-state index in [4.69, 9.17) is 4.74 Å². The normalized spacial score (nSPS) is 46.9. The molecule has 6 unspecified atom stereocenters. The second kappa shape index (κ2) is 5.04. The van der Waals surface area contributed by atoms with Gasteiger partial charge >= 0.3 is 0 Å². The van der Waals surface area contributed by atoms with E-state index in [-0.39, 0.29) is 5.91 Å². The van der Waals surface area contributed by atoms with Gasteiger partial charge in [0.2, 0.25) is 0 Å². The van der Waals surface area contributed by atoms with Gasteiger partial charge in [0, 0.05) is 5.57 Å². The molecule has 0 saturated carbocycles. The summed E-state index contributed by atoms with van der Waals surface area (Å²) in [4.78, 5) is 16.1. The van der Waals surface area contributed by atoms with Crippen LogP contribution in [0.25, 0.3) is 0 Å². The molecule has 22 heavy (non-hydrogen) atoms. The Morgan fingerprint density at radius 1 is 1.59 bits per heavy atom. The molecule has 0 aromatic carbocycles. The van der Waals surface area contributed by atoms with Crippen LogP contribution in [0.4, 0.5) is 0 Å². The number of hydrogen-bond acceptors (Lipinski definition) is 8. The summed E-state index contributed by atoms with van der Waals surface area (Å²) in [6.07, 6.45) is -2.74. The molecule has 3 aliphatic rings. The number of nitrogens with zero attached hydrogens (tertiary/aromatic N) is 2. The monoisotopic (exact) mass is 325 g/mol. The van der Waals surface area contributed by atoms with Crippen molar-refractivity contribution in [2.24, 2.45) is 4.99 Å². The molecule has 118 valence electrons. The minimum absolute atomic E-state index is 0.323. The van der Waals surface area contributed by atoms with Crippen LogP contribution in [-0.2, 0) is 9.53 Å². The van der Waals surface area contributed by atoms with Gasteiger partial charge in [0.05, 0.1) is 17.7 Å². The van der Waals surface area contributed by atoms with Crippen molar-refractivity contribution in [2.75, 3.05) is 6.61 Å². The van der Waals surface area contributed by atoms with Crippen LogP contribution in [0, 0.1) is 11.3 Å². The molecule has 0 radical (unpaired) electrons. The van der Waals surface area contributed by atoms with Crippen molar-refractivity contribution in [1.29, 1.82) is 5.26 Å². The zero-order valence-electron chi connectivity index (χ0n) is 11.6. The third kappa shape index (κ3) is 1.73. The molecule has 8 nitrogen and oxygen atoms in total. The number of nitriles is 1. The Balaban J connectivity index is 2.05. The number of hydrogen-bond donors (Lipinski definition) is 4. The lowest BCUT2D eigenvalue weighted by Gasteiger charge is -2.42. The summed E-state index contributed by atoms with van der Waals surface area (Å²) in [5.74, 6) is -0.323. The Morgan fingerprint density at radius 2 is 2.32 bits per heavy atom. The van der Waals surface area contributed by atoms with Crippen molar-refractivity contribution in [1.82, 2.24) is 5.32 Å². The second-order valence-electron chi connectivity index (χ2n) is 5.57. The molecule has 9 heteroatoms. The van der Waals surface area contributed by atoms with E-state index in [0.29, 0.717) is 5.57 Å². The Hall–Kier alpha value is -1.44. The Morgan fingerprint density at radius 3 is 2.91 bits per heavy atom. The molecular weight excluding hydrogens is 310 g/mol. The van der Waals surface area contributed by atoms with Gasteiger partial charge < -0.3 is 25.4 Å². The lowest BCUT2D eigenvalue weighted by molar-refractivity contribution is -0.117. The predicted octanol–water partition coefficient (Wildman–Crippen LogP) is -1.72. The third-order valence-electron chi connectivity index (χ3n) is 4.47. The zero-order chi connectivity index (χ0) is 16.1. The predicted molar refractivity (Wildman–Crippen MR) is 76.8 cm³/mol. The largest absolute Gasteiger partial charge is 0.394 e. The molecule has 3 rings (SSSR count). The van der Waals surface area contributed by atoms with Gasteiger partial charge in [0.1, 0.15) is 30.4 Å². The molecule has 6 atom stereocenters. The van der Waals surface area contributed by atoms with Gasteiger partial charge in [0.25, 0.3) is 5.91 Å². The summed E-state index contributed by atoms with van der Waals surface area (Å²) in [6, 6.07) is 1.26. The number of ether oxygens (including phenoxy) is 1. The van der Waals surface area contributed by atoms with Gasteiger partial charge in [-0.3, -0.25) is 9.79 Å². The highest BCUT2D eigenvalue weighted by atomic mass is 32.2. The summed E-state index contributed by atoms with van der Waals surface area (Å²) in [5, 5.41) is 43.4. The molecule has 0 aromatic rings. The highest BCUT2D eigenvalue weighted by molar-refractivity contribution is 8.04. The van der Waals surface area contributed by atoms with E-state index in [0.717, 1.165) is 11.8 Å². The summed E-state index contributed by atoms with van der Waals surface area (Å²) in [7, 11) is 0. The maximum absolute atomic E-state index is 11.9. The van der Waals surface area contributed by atoms with Crippen molar-refractivity contribution in [3.8, 4) is 6.07 Å². The molecule has 3 heterocycles. The number of carbonyl (C=O) groups is 1. The van der Waals surface area contributed by atoms with Gasteiger partial charge in [0.15, 0.2) is 5.60 Å². The van der Waals surface area contributed by atoms with Crippen molar-refractivity contribution in [3.63, 3.8) is 0 Å². The molecular formula is C13H15N3O5S. The fourth-order valence-electron chi connectivity index (χ4n) is 3.14. The molecule has 0 bridgehead atoms. The Labute approximate surface area is 130 Å². The Kier molecular flexibility index (Phi) is 3.54.